The minimum absolute atomic E-state index is 0.0833. The Morgan fingerprint density at radius 1 is 1.14 bits per heavy atom. The van der Waals surface area contributed by atoms with E-state index in [2.05, 4.69) is 31.9 Å². The first-order valence-corrected chi connectivity index (χ1v) is 6.17. The van der Waals surface area contributed by atoms with Gasteiger partial charge in [0.1, 0.15) is 3.74 Å². The minimum Gasteiger partial charge on any atom is -0.292 e. The van der Waals surface area contributed by atoms with E-state index in [9.17, 15) is 4.79 Å². The second-order valence-electron chi connectivity index (χ2n) is 3.44. The maximum atomic E-state index is 11.8. The number of Topliss-reactive ketones (excluding diaryl/α,β-unsaturated/α-hetero) is 1. The van der Waals surface area contributed by atoms with Crippen LogP contribution in [0.3, 0.4) is 0 Å². The molecule has 0 aliphatic carbocycles. The molecule has 76 valence electrons. The normalized spacial score (nSPS) is 10.7. The number of aryl methyl sites for hydroxylation is 3. The van der Waals surface area contributed by atoms with Gasteiger partial charge in [-0.25, -0.2) is 0 Å². The number of alkyl halides is 2. The Balaban J connectivity index is 3.28. The number of carbonyl (C=O) groups is 1. The molecule has 0 fully saturated rings. The van der Waals surface area contributed by atoms with Gasteiger partial charge in [-0.15, -0.1) is 0 Å². The predicted molar refractivity (Wildman–Crippen MR) is 66.6 cm³/mol. The van der Waals surface area contributed by atoms with Gasteiger partial charge >= 0.3 is 0 Å². The molecule has 0 aromatic heterocycles. The zero-order chi connectivity index (χ0) is 10.9. The first-order chi connectivity index (χ1) is 6.43. The van der Waals surface area contributed by atoms with E-state index < -0.39 is 0 Å². The molecule has 1 nitrogen and oxygen atoms in total. The van der Waals surface area contributed by atoms with Crippen molar-refractivity contribution < 1.29 is 4.79 Å². The van der Waals surface area contributed by atoms with Crippen molar-refractivity contribution in [2.45, 2.75) is 24.5 Å². The molecule has 1 aromatic rings. The third-order valence-electron chi connectivity index (χ3n) is 2.12. The molecule has 14 heavy (non-hydrogen) atoms. The van der Waals surface area contributed by atoms with Crippen molar-refractivity contribution in [2.24, 2.45) is 0 Å². The number of halogens is 2. The Kier molecular flexibility index (Phi) is 3.90. The van der Waals surface area contributed by atoms with Crippen LogP contribution in [0.2, 0.25) is 0 Å². The van der Waals surface area contributed by atoms with Crippen LogP contribution in [0.5, 0.6) is 0 Å². The first-order valence-electron chi connectivity index (χ1n) is 4.33. The fraction of sp³-hybridized carbons (Fsp3) is 0.364. The summed E-state index contributed by atoms with van der Waals surface area (Å²) in [6, 6.07) is 4.06. The van der Waals surface area contributed by atoms with Gasteiger partial charge in [-0.2, -0.15) is 0 Å². The van der Waals surface area contributed by atoms with Crippen LogP contribution < -0.4 is 0 Å². The summed E-state index contributed by atoms with van der Waals surface area (Å²) in [7, 11) is 0. The molecule has 0 aliphatic heterocycles. The van der Waals surface area contributed by atoms with Crippen molar-refractivity contribution in [2.75, 3.05) is 0 Å². The molecule has 0 N–H and O–H groups in total. The monoisotopic (exact) mass is 318 g/mol. The van der Waals surface area contributed by atoms with Crippen LogP contribution in [0.15, 0.2) is 12.1 Å². The Morgan fingerprint density at radius 3 is 1.93 bits per heavy atom. The Hall–Kier alpha value is -0.150. The predicted octanol–water partition coefficient (Wildman–Crippen LogP) is 3.91. The molecule has 1 rings (SSSR count). The quantitative estimate of drug-likeness (QED) is 0.596. The fourth-order valence-corrected chi connectivity index (χ4v) is 2.14. The first kappa shape index (κ1) is 11.9. The summed E-state index contributed by atoms with van der Waals surface area (Å²) in [5, 5.41) is 0. The van der Waals surface area contributed by atoms with Gasteiger partial charge in [0.05, 0.1) is 0 Å². The molecule has 0 amide bonds. The molecule has 1 aromatic carbocycles. The van der Waals surface area contributed by atoms with E-state index in [1.165, 1.54) is 5.56 Å². The summed E-state index contributed by atoms with van der Waals surface area (Å²) in [5.41, 5.74) is 4.08. The third-order valence-corrected chi connectivity index (χ3v) is 2.95. The van der Waals surface area contributed by atoms with E-state index in [-0.39, 0.29) is 9.52 Å². The molecule has 0 radical (unpaired) electrons. The average molecular weight is 320 g/mol. The lowest BCUT2D eigenvalue weighted by Crippen LogP contribution is -2.11. The smallest absolute Gasteiger partial charge is 0.187 e. The Labute approximate surface area is 101 Å². The lowest BCUT2D eigenvalue weighted by molar-refractivity contribution is 0.101. The van der Waals surface area contributed by atoms with Crippen molar-refractivity contribution in [3.05, 3.63) is 34.4 Å². The van der Waals surface area contributed by atoms with Crippen LogP contribution in [-0.4, -0.2) is 9.52 Å². The highest BCUT2D eigenvalue weighted by Crippen LogP contribution is 2.22. The van der Waals surface area contributed by atoms with E-state index in [1.807, 2.05) is 32.9 Å². The van der Waals surface area contributed by atoms with Crippen LogP contribution in [0.4, 0.5) is 0 Å². The van der Waals surface area contributed by atoms with Gasteiger partial charge < -0.3 is 0 Å². The molecular weight excluding hydrogens is 308 g/mol. The van der Waals surface area contributed by atoms with Crippen LogP contribution in [0.25, 0.3) is 0 Å². The lowest BCUT2D eigenvalue weighted by atomic mass is 9.97. The highest BCUT2D eigenvalue weighted by atomic mass is 79.9. The molecule has 0 unspecified atom stereocenters. The van der Waals surface area contributed by atoms with Gasteiger partial charge in [-0.1, -0.05) is 49.6 Å². The van der Waals surface area contributed by atoms with E-state index in [4.69, 9.17) is 0 Å². The summed E-state index contributed by atoms with van der Waals surface area (Å²) in [4.78, 5) is 11.8. The van der Waals surface area contributed by atoms with E-state index >= 15 is 0 Å². The average Bonchev–Trinajstić information content (AvgIpc) is 2.01. The van der Waals surface area contributed by atoms with Gasteiger partial charge in [0, 0.05) is 5.56 Å². The molecule has 0 saturated carbocycles. The zero-order valence-corrected chi connectivity index (χ0v) is 11.6. The summed E-state index contributed by atoms with van der Waals surface area (Å²) in [6.45, 7) is 5.97. The zero-order valence-electron chi connectivity index (χ0n) is 8.40. The molecule has 0 atom stereocenters. The maximum absolute atomic E-state index is 11.8. The van der Waals surface area contributed by atoms with Crippen molar-refractivity contribution in [3.63, 3.8) is 0 Å². The van der Waals surface area contributed by atoms with Crippen LogP contribution in [0, 0.1) is 20.8 Å². The molecule has 0 bridgehead atoms. The third kappa shape index (κ3) is 2.45. The lowest BCUT2D eigenvalue weighted by Gasteiger charge is -2.10. The Morgan fingerprint density at radius 2 is 1.57 bits per heavy atom. The molecule has 3 heteroatoms. The summed E-state index contributed by atoms with van der Waals surface area (Å²) in [6.07, 6.45) is 0. The molecule has 0 spiro atoms. The number of carbonyl (C=O) groups excluding carboxylic acids is 1. The highest BCUT2D eigenvalue weighted by molar-refractivity contribution is 9.25. The fourth-order valence-electron chi connectivity index (χ4n) is 1.68. The van der Waals surface area contributed by atoms with Crippen molar-refractivity contribution in [1.29, 1.82) is 0 Å². The van der Waals surface area contributed by atoms with E-state index in [0.717, 1.165) is 16.7 Å². The molecule has 0 aliphatic rings. The van der Waals surface area contributed by atoms with E-state index in [1.54, 1.807) is 0 Å². The Bertz CT molecular complexity index is 347. The van der Waals surface area contributed by atoms with Crippen molar-refractivity contribution in [1.82, 2.24) is 0 Å². The number of hydrogen-bond donors (Lipinski definition) is 0. The van der Waals surface area contributed by atoms with Gasteiger partial charge in [0.25, 0.3) is 0 Å². The summed E-state index contributed by atoms with van der Waals surface area (Å²) >= 11 is 6.46. The number of rotatable bonds is 2. The number of benzene rings is 1. The van der Waals surface area contributed by atoms with Crippen molar-refractivity contribution >= 4 is 37.6 Å². The molecular formula is C11H12Br2O. The summed E-state index contributed by atoms with van der Waals surface area (Å²) < 4.78 is -0.296. The molecule has 0 heterocycles. The second-order valence-corrected chi connectivity index (χ2v) is 6.50. The second kappa shape index (κ2) is 4.58. The SMILES string of the molecule is Cc1cc(C)c(C(=O)C(Br)Br)c(C)c1. The highest BCUT2D eigenvalue weighted by Gasteiger charge is 2.17. The van der Waals surface area contributed by atoms with Crippen LogP contribution >= 0.6 is 31.9 Å². The van der Waals surface area contributed by atoms with Crippen molar-refractivity contribution in [3.8, 4) is 0 Å². The topological polar surface area (TPSA) is 17.1 Å². The standard InChI is InChI=1S/C11H12Br2O/c1-6-4-7(2)9(8(3)5-6)10(14)11(12)13/h4-5,11H,1-3H3. The van der Waals surface area contributed by atoms with Crippen LogP contribution in [-0.2, 0) is 0 Å². The molecule has 0 saturated heterocycles. The van der Waals surface area contributed by atoms with Gasteiger partial charge in [-0.3, -0.25) is 4.79 Å². The number of ketones is 1. The van der Waals surface area contributed by atoms with Gasteiger partial charge in [-0.05, 0) is 31.9 Å². The summed E-state index contributed by atoms with van der Waals surface area (Å²) in [5.74, 6) is 0.0833. The van der Waals surface area contributed by atoms with Gasteiger partial charge in [0.15, 0.2) is 5.78 Å². The van der Waals surface area contributed by atoms with Crippen LogP contribution in [0.1, 0.15) is 27.0 Å². The maximum Gasteiger partial charge on any atom is 0.187 e. The van der Waals surface area contributed by atoms with Gasteiger partial charge in [0.2, 0.25) is 0 Å². The largest absolute Gasteiger partial charge is 0.292 e. The number of hydrogen-bond acceptors (Lipinski definition) is 1. The van der Waals surface area contributed by atoms with E-state index in [0.29, 0.717) is 0 Å². The minimum atomic E-state index is -0.296.